The Morgan fingerprint density at radius 3 is 2.69 bits per heavy atom. The van der Waals surface area contributed by atoms with Crippen LogP contribution in [0.2, 0.25) is 0 Å². The lowest BCUT2D eigenvalue weighted by molar-refractivity contribution is -0.128. The Kier molecular flexibility index (Phi) is 5.69. The number of imidazole rings is 1. The first-order chi connectivity index (χ1) is 12.6. The summed E-state index contributed by atoms with van der Waals surface area (Å²) < 4.78 is 5.79. The molecule has 26 heavy (non-hydrogen) atoms. The lowest BCUT2D eigenvalue weighted by Crippen LogP contribution is -2.39. The van der Waals surface area contributed by atoms with E-state index in [-0.39, 0.29) is 11.9 Å². The number of nitrogens with zero attached hydrogens (tertiary/aromatic N) is 1. The molecule has 5 nitrogen and oxygen atoms in total. The van der Waals surface area contributed by atoms with E-state index in [1.807, 2.05) is 61.5 Å². The fourth-order valence-electron chi connectivity index (χ4n) is 2.78. The molecule has 0 saturated carbocycles. The highest BCUT2D eigenvalue weighted by Crippen LogP contribution is 2.18. The zero-order valence-corrected chi connectivity index (χ0v) is 15.0. The van der Waals surface area contributed by atoms with Crippen LogP contribution in [0.1, 0.15) is 29.9 Å². The van der Waals surface area contributed by atoms with E-state index in [9.17, 15) is 4.79 Å². The van der Waals surface area contributed by atoms with Crippen molar-refractivity contribution in [1.82, 2.24) is 15.3 Å². The molecule has 3 rings (SSSR count). The number of hydrogen-bond donors (Lipinski definition) is 2. The molecular formula is C21H23N3O2. The summed E-state index contributed by atoms with van der Waals surface area (Å²) in [4.78, 5) is 20.0. The van der Waals surface area contributed by atoms with Crippen molar-refractivity contribution in [2.75, 3.05) is 0 Å². The van der Waals surface area contributed by atoms with Gasteiger partial charge in [0.25, 0.3) is 5.91 Å². The Morgan fingerprint density at radius 1 is 1.19 bits per heavy atom. The van der Waals surface area contributed by atoms with E-state index in [1.165, 1.54) is 0 Å². The van der Waals surface area contributed by atoms with Crippen molar-refractivity contribution in [2.24, 2.45) is 0 Å². The van der Waals surface area contributed by atoms with E-state index in [0.717, 1.165) is 17.0 Å². The third-order valence-corrected chi connectivity index (χ3v) is 4.14. The highest BCUT2D eigenvalue weighted by Gasteiger charge is 2.21. The van der Waals surface area contributed by atoms with Crippen molar-refractivity contribution < 1.29 is 9.53 Å². The van der Waals surface area contributed by atoms with Gasteiger partial charge < -0.3 is 15.0 Å². The molecule has 2 aromatic carbocycles. The van der Waals surface area contributed by atoms with Crippen LogP contribution in [0.25, 0.3) is 0 Å². The Morgan fingerprint density at radius 2 is 2.00 bits per heavy atom. The molecule has 0 aliphatic rings. The van der Waals surface area contributed by atoms with Gasteiger partial charge in [-0.1, -0.05) is 42.5 Å². The first kappa shape index (κ1) is 17.7. The Hall–Kier alpha value is -3.08. The molecule has 2 atom stereocenters. The molecule has 0 aliphatic heterocycles. The van der Waals surface area contributed by atoms with Crippen LogP contribution in [0.15, 0.2) is 67.0 Å². The maximum absolute atomic E-state index is 12.7. The van der Waals surface area contributed by atoms with Crippen LogP contribution >= 0.6 is 0 Å². The highest BCUT2D eigenvalue weighted by atomic mass is 16.5. The van der Waals surface area contributed by atoms with Gasteiger partial charge in [-0.25, -0.2) is 4.98 Å². The summed E-state index contributed by atoms with van der Waals surface area (Å²) in [6.07, 6.45) is 3.48. The predicted molar refractivity (Wildman–Crippen MR) is 101 cm³/mol. The number of hydrogen-bond acceptors (Lipinski definition) is 3. The summed E-state index contributed by atoms with van der Waals surface area (Å²) in [5, 5.41) is 3.08. The van der Waals surface area contributed by atoms with Crippen molar-refractivity contribution in [3.8, 4) is 5.75 Å². The van der Waals surface area contributed by atoms with Crippen LogP contribution in [0.4, 0.5) is 0 Å². The van der Waals surface area contributed by atoms with Gasteiger partial charge in [0.2, 0.25) is 0 Å². The normalized spacial score (nSPS) is 13.0. The van der Waals surface area contributed by atoms with E-state index >= 15 is 0 Å². The standard InChI is InChI=1S/C21H23N3O2/c1-15-7-6-10-18(13-15)26-16(2)21(25)24-19(14-20-22-11-12-23-20)17-8-4-3-5-9-17/h3-13,16,19H,14H2,1-2H3,(H,22,23)(H,24,25). The summed E-state index contributed by atoms with van der Waals surface area (Å²) in [5.41, 5.74) is 2.12. The predicted octanol–water partition coefficient (Wildman–Crippen LogP) is 3.59. The van der Waals surface area contributed by atoms with Gasteiger partial charge in [-0.05, 0) is 37.1 Å². The molecular weight excluding hydrogens is 326 g/mol. The molecule has 0 bridgehead atoms. The number of H-pyrrole nitrogens is 1. The first-order valence-electron chi connectivity index (χ1n) is 8.68. The van der Waals surface area contributed by atoms with Crippen molar-refractivity contribution in [3.63, 3.8) is 0 Å². The fraction of sp³-hybridized carbons (Fsp3) is 0.238. The lowest BCUT2D eigenvalue weighted by atomic mass is 10.0. The van der Waals surface area contributed by atoms with Crippen LogP contribution in [0.3, 0.4) is 0 Å². The number of aromatic nitrogens is 2. The zero-order valence-electron chi connectivity index (χ0n) is 15.0. The third kappa shape index (κ3) is 4.72. The number of aromatic amines is 1. The number of carbonyl (C=O) groups is 1. The summed E-state index contributed by atoms with van der Waals surface area (Å²) >= 11 is 0. The minimum absolute atomic E-state index is 0.160. The zero-order chi connectivity index (χ0) is 18.4. The molecule has 1 heterocycles. The van der Waals surface area contributed by atoms with Gasteiger partial charge in [0.1, 0.15) is 11.6 Å². The van der Waals surface area contributed by atoms with Crippen molar-refractivity contribution in [2.45, 2.75) is 32.4 Å². The fourth-order valence-corrected chi connectivity index (χ4v) is 2.78. The average Bonchev–Trinajstić information content (AvgIpc) is 3.15. The summed E-state index contributed by atoms with van der Waals surface area (Å²) in [5.74, 6) is 1.35. The van der Waals surface area contributed by atoms with Gasteiger partial charge in [0.15, 0.2) is 6.10 Å². The van der Waals surface area contributed by atoms with Crippen LogP contribution in [0.5, 0.6) is 5.75 Å². The first-order valence-corrected chi connectivity index (χ1v) is 8.68. The Bertz CT molecular complexity index is 831. The Balaban J connectivity index is 1.70. The van der Waals surface area contributed by atoms with Crippen LogP contribution < -0.4 is 10.1 Å². The number of amides is 1. The molecule has 5 heteroatoms. The molecule has 0 radical (unpaired) electrons. The van der Waals surface area contributed by atoms with E-state index < -0.39 is 6.10 Å². The average molecular weight is 349 g/mol. The van der Waals surface area contributed by atoms with Crippen LogP contribution in [-0.4, -0.2) is 22.0 Å². The van der Waals surface area contributed by atoms with Gasteiger partial charge in [0, 0.05) is 18.8 Å². The van der Waals surface area contributed by atoms with Gasteiger partial charge >= 0.3 is 0 Å². The highest BCUT2D eigenvalue weighted by molar-refractivity contribution is 5.81. The van der Waals surface area contributed by atoms with Crippen LogP contribution in [0, 0.1) is 6.92 Å². The monoisotopic (exact) mass is 349 g/mol. The van der Waals surface area contributed by atoms with Crippen molar-refractivity contribution in [1.29, 1.82) is 0 Å². The molecule has 2 N–H and O–H groups in total. The maximum Gasteiger partial charge on any atom is 0.261 e. The number of ether oxygens (including phenoxy) is 1. The number of rotatable bonds is 7. The van der Waals surface area contributed by atoms with E-state index in [1.54, 1.807) is 19.3 Å². The van der Waals surface area contributed by atoms with Gasteiger partial charge in [-0.2, -0.15) is 0 Å². The lowest BCUT2D eigenvalue weighted by Gasteiger charge is -2.21. The molecule has 2 unspecified atom stereocenters. The summed E-state index contributed by atoms with van der Waals surface area (Å²) in [7, 11) is 0. The molecule has 0 saturated heterocycles. The van der Waals surface area contributed by atoms with Crippen molar-refractivity contribution in [3.05, 3.63) is 83.9 Å². The van der Waals surface area contributed by atoms with E-state index in [4.69, 9.17) is 4.74 Å². The maximum atomic E-state index is 12.7. The second-order valence-corrected chi connectivity index (χ2v) is 6.29. The SMILES string of the molecule is Cc1cccc(OC(C)C(=O)NC(Cc2ncc[nH]2)c2ccccc2)c1. The number of nitrogens with one attached hydrogen (secondary N) is 2. The molecule has 0 spiro atoms. The number of benzene rings is 2. The number of aryl methyl sites for hydroxylation is 1. The largest absolute Gasteiger partial charge is 0.481 e. The summed E-state index contributed by atoms with van der Waals surface area (Å²) in [6, 6.07) is 17.4. The molecule has 1 amide bonds. The summed E-state index contributed by atoms with van der Waals surface area (Å²) in [6.45, 7) is 3.75. The molecule has 1 aromatic heterocycles. The third-order valence-electron chi connectivity index (χ3n) is 4.14. The van der Waals surface area contributed by atoms with Crippen LogP contribution in [-0.2, 0) is 11.2 Å². The minimum Gasteiger partial charge on any atom is -0.481 e. The molecule has 134 valence electrons. The van der Waals surface area contributed by atoms with E-state index in [0.29, 0.717) is 12.2 Å². The van der Waals surface area contributed by atoms with Crippen molar-refractivity contribution >= 4 is 5.91 Å². The molecule has 3 aromatic rings. The van der Waals surface area contributed by atoms with Gasteiger partial charge in [-0.15, -0.1) is 0 Å². The van der Waals surface area contributed by atoms with E-state index in [2.05, 4.69) is 15.3 Å². The van der Waals surface area contributed by atoms with Gasteiger partial charge in [-0.3, -0.25) is 4.79 Å². The van der Waals surface area contributed by atoms with Gasteiger partial charge in [0.05, 0.1) is 6.04 Å². The smallest absolute Gasteiger partial charge is 0.261 e. The molecule has 0 fully saturated rings. The number of carbonyl (C=O) groups excluding carboxylic acids is 1. The quantitative estimate of drug-likeness (QED) is 0.685. The molecule has 0 aliphatic carbocycles. The minimum atomic E-state index is -0.598. The Labute approximate surface area is 153 Å². The second-order valence-electron chi connectivity index (χ2n) is 6.29. The topological polar surface area (TPSA) is 67.0 Å². The second kappa shape index (κ2) is 8.34.